The van der Waals surface area contributed by atoms with Crippen molar-refractivity contribution in [2.24, 2.45) is 0 Å². The number of fused-ring (bicyclic) bond motifs is 3. The quantitative estimate of drug-likeness (QED) is 0.525. The molecule has 0 saturated heterocycles. The van der Waals surface area contributed by atoms with Crippen LogP contribution in [0.3, 0.4) is 0 Å². The van der Waals surface area contributed by atoms with Crippen LogP contribution in [0.4, 0.5) is 4.79 Å². The first-order chi connectivity index (χ1) is 15.5. The molecule has 6 heteroatoms. The van der Waals surface area contributed by atoms with E-state index in [9.17, 15) is 15.0 Å². The number of methoxy groups -OCH3 is 1. The molecular weight excluding hydrogens is 406 g/mol. The van der Waals surface area contributed by atoms with Gasteiger partial charge in [0.25, 0.3) is 0 Å². The molecule has 1 aliphatic rings. The third kappa shape index (κ3) is 4.33. The molecule has 1 aliphatic carbocycles. The van der Waals surface area contributed by atoms with Crippen LogP contribution in [0.25, 0.3) is 11.1 Å². The Morgan fingerprint density at radius 3 is 2.22 bits per heavy atom. The monoisotopic (exact) mass is 433 g/mol. The second-order valence-electron chi connectivity index (χ2n) is 7.95. The average molecular weight is 434 g/mol. The van der Waals surface area contributed by atoms with E-state index in [1.165, 1.54) is 0 Å². The third-order valence-electron chi connectivity index (χ3n) is 5.92. The van der Waals surface area contributed by atoms with Crippen molar-refractivity contribution < 1.29 is 24.5 Å². The van der Waals surface area contributed by atoms with Gasteiger partial charge in [0.1, 0.15) is 24.6 Å². The minimum Gasteiger partial charge on any atom is -0.496 e. The van der Waals surface area contributed by atoms with Crippen LogP contribution in [0.15, 0.2) is 66.7 Å². The molecule has 3 aromatic rings. The van der Waals surface area contributed by atoms with Crippen molar-refractivity contribution >= 4 is 6.09 Å². The highest BCUT2D eigenvalue weighted by Gasteiger charge is 2.29. The number of amides is 1. The van der Waals surface area contributed by atoms with Gasteiger partial charge in [0.05, 0.1) is 7.11 Å². The van der Waals surface area contributed by atoms with Crippen LogP contribution in [0.2, 0.25) is 0 Å². The van der Waals surface area contributed by atoms with Gasteiger partial charge in [-0.1, -0.05) is 54.6 Å². The first-order valence-corrected chi connectivity index (χ1v) is 10.6. The number of alkyl carbamates (subject to hydrolysis) is 1. The lowest BCUT2D eigenvalue weighted by Gasteiger charge is -2.20. The van der Waals surface area contributed by atoms with E-state index >= 15 is 0 Å². The van der Waals surface area contributed by atoms with E-state index in [4.69, 9.17) is 9.47 Å². The number of rotatable bonds is 7. The molecule has 32 heavy (non-hydrogen) atoms. The molecule has 0 saturated carbocycles. The highest BCUT2D eigenvalue weighted by Crippen LogP contribution is 2.44. The Morgan fingerprint density at radius 2 is 1.62 bits per heavy atom. The summed E-state index contributed by atoms with van der Waals surface area (Å²) in [6.07, 6.45) is -2.96. The number of aryl methyl sites for hydroxylation is 1. The number of hydrogen-bond acceptors (Lipinski definition) is 5. The summed E-state index contributed by atoms with van der Waals surface area (Å²) < 4.78 is 10.7. The minimum atomic E-state index is -1.18. The van der Waals surface area contributed by atoms with Crippen molar-refractivity contribution in [2.45, 2.75) is 25.0 Å². The second-order valence-corrected chi connectivity index (χ2v) is 7.95. The van der Waals surface area contributed by atoms with Crippen molar-refractivity contribution in [3.8, 4) is 16.9 Å². The molecule has 0 spiro atoms. The summed E-state index contributed by atoms with van der Waals surface area (Å²) in [6.45, 7) is 1.91. The Labute approximate surface area is 187 Å². The Kier molecular flexibility index (Phi) is 6.44. The van der Waals surface area contributed by atoms with Crippen molar-refractivity contribution in [3.05, 3.63) is 89.0 Å². The van der Waals surface area contributed by atoms with Gasteiger partial charge in [-0.15, -0.1) is 0 Å². The molecule has 4 rings (SSSR count). The summed E-state index contributed by atoms with van der Waals surface area (Å²) in [5, 5.41) is 23.3. The zero-order valence-corrected chi connectivity index (χ0v) is 18.1. The summed E-state index contributed by atoms with van der Waals surface area (Å²) in [5.41, 5.74) is 5.97. The van der Waals surface area contributed by atoms with Crippen LogP contribution in [-0.4, -0.2) is 42.7 Å². The molecule has 3 N–H and O–H groups in total. The smallest absolute Gasteiger partial charge is 0.407 e. The molecule has 6 nitrogen and oxygen atoms in total. The van der Waals surface area contributed by atoms with Gasteiger partial charge in [-0.2, -0.15) is 0 Å². The van der Waals surface area contributed by atoms with Crippen molar-refractivity contribution in [1.29, 1.82) is 0 Å². The Balaban J connectivity index is 1.33. The zero-order valence-electron chi connectivity index (χ0n) is 18.1. The van der Waals surface area contributed by atoms with Gasteiger partial charge in [-0.05, 0) is 52.4 Å². The number of benzene rings is 3. The fourth-order valence-electron chi connectivity index (χ4n) is 4.26. The van der Waals surface area contributed by atoms with E-state index in [1.54, 1.807) is 25.3 Å². The number of hydrogen-bond donors (Lipinski definition) is 3. The van der Waals surface area contributed by atoms with Gasteiger partial charge in [-0.25, -0.2) is 4.79 Å². The van der Waals surface area contributed by atoms with E-state index in [0.717, 1.165) is 27.8 Å². The maximum absolute atomic E-state index is 12.3. The number of carbonyl (C=O) groups excluding carboxylic acids is 1. The van der Waals surface area contributed by atoms with Crippen LogP contribution in [-0.2, 0) is 4.74 Å². The van der Waals surface area contributed by atoms with Gasteiger partial charge in [0.15, 0.2) is 0 Å². The lowest BCUT2D eigenvalue weighted by atomic mass is 9.98. The SMILES string of the molecule is COc1ccc(C(O)C(O)CNC(=O)OCC2c3ccccc3-c3ccccc32)cc1C. The standard InChI is InChI=1S/C26H27NO5/c1-16-13-17(11-12-24(16)31-2)25(29)23(28)14-27-26(30)32-15-22-20-9-5-3-7-18(20)19-8-4-6-10-21(19)22/h3-13,22-23,25,28-29H,14-15H2,1-2H3,(H,27,30). The highest BCUT2D eigenvalue weighted by atomic mass is 16.5. The molecule has 1 amide bonds. The second kappa shape index (κ2) is 9.42. The van der Waals surface area contributed by atoms with Crippen LogP contribution in [0.1, 0.15) is 34.3 Å². The topological polar surface area (TPSA) is 88.0 Å². The van der Waals surface area contributed by atoms with Crippen molar-refractivity contribution in [3.63, 3.8) is 0 Å². The maximum atomic E-state index is 12.3. The van der Waals surface area contributed by atoms with Crippen molar-refractivity contribution in [2.75, 3.05) is 20.3 Å². The number of aliphatic hydroxyl groups excluding tert-OH is 2. The molecule has 2 atom stereocenters. The maximum Gasteiger partial charge on any atom is 0.407 e. The number of carbonyl (C=O) groups is 1. The van der Waals surface area contributed by atoms with Gasteiger partial charge in [-0.3, -0.25) is 0 Å². The Bertz CT molecular complexity index is 1070. The Hall–Kier alpha value is -3.35. The molecule has 0 radical (unpaired) electrons. The number of aliphatic hydroxyl groups is 2. The largest absolute Gasteiger partial charge is 0.496 e. The summed E-state index contributed by atoms with van der Waals surface area (Å²) >= 11 is 0. The lowest BCUT2D eigenvalue weighted by Crippen LogP contribution is -2.36. The average Bonchev–Trinajstić information content (AvgIpc) is 3.14. The van der Waals surface area contributed by atoms with E-state index in [-0.39, 0.29) is 19.1 Å². The molecule has 0 aromatic heterocycles. The van der Waals surface area contributed by atoms with E-state index in [0.29, 0.717) is 11.3 Å². The van der Waals surface area contributed by atoms with Gasteiger partial charge in [0.2, 0.25) is 0 Å². The molecule has 0 bridgehead atoms. The highest BCUT2D eigenvalue weighted by molar-refractivity contribution is 5.79. The predicted molar refractivity (Wildman–Crippen MR) is 122 cm³/mol. The summed E-state index contributed by atoms with van der Waals surface area (Å²) in [4.78, 5) is 12.3. The molecule has 0 fully saturated rings. The van der Waals surface area contributed by atoms with Crippen LogP contribution in [0.5, 0.6) is 5.75 Å². The number of ether oxygens (including phenoxy) is 2. The molecule has 3 aromatic carbocycles. The lowest BCUT2D eigenvalue weighted by molar-refractivity contribution is 0.0185. The first-order valence-electron chi connectivity index (χ1n) is 10.6. The molecule has 0 aliphatic heterocycles. The van der Waals surface area contributed by atoms with Gasteiger partial charge >= 0.3 is 6.09 Å². The van der Waals surface area contributed by atoms with E-state index in [2.05, 4.69) is 29.6 Å². The van der Waals surface area contributed by atoms with Gasteiger partial charge in [0, 0.05) is 12.5 Å². The van der Waals surface area contributed by atoms with Gasteiger partial charge < -0.3 is 25.0 Å². The Morgan fingerprint density at radius 1 is 1.00 bits per heavy atom. The molecule has 166 valence electrons. The zero-order chi connectivity index (χ0) is 22.7. The van der Waals surface area contributed by atoms with E-state index < -0.39 is 18.3 Å². The van der Waals surface area contributed by atoms with E-state index in [1.807, 2.05) is 31.2 Å². The first kappa shape index (κ1) is 21.9. The predicted octanol–water partition coefficient (Wildman–Crippen LogP) is 3.94. The van der Waals surface area contributed by atoms with Crippen LogP contribution in [0, 0.1) is 6.92 Å². The normalized spacial score (nSPS) is 14.2. The molecule has 0 heterocycles. The van der Waals surface area contributed by atoms with Crippen LogP contribution >= 0.6 is 0 Å². The summed E-state index contributed by atoms with van der Waals surface area (Å²) in [6, 6.07) is 21.4. The molecule has 2 unspecified atom stereocenters. The van der Waals surface area contributed by atoms with Crippen molar-refractivity contribution in [1.82, 2.24) is 5.32 Å². The number of nitrogens with one attached hydrogen (secondary N) is 1. The third-order valence-corrected chi connectivity index (χ3v) is 5.92. The summed E-state index contributed by atoms with van der Waals surface area (Å²) in [7, 11) is 1.57. The minimum absolute atomic E-state index is 0.0362. The molecular formula is C26H27NO5. The fraction of sp³-hybridized carbons (Fsp3) is 0.269. The van der Waals surface area contributed by atoms with Crippen LogP contribution < -0.4 is 10.1 Å². The summed E-state index contributed by atoms with van der Waals surface area (Å²) in [5.74, 6) is 0.665. The fourth-order valence-corrected chi connectivity index (χ4v) is 4.26.